The zero-order valence-electron chi connectivity index (χ0n) is 12.2. The zero-order chi connectivity index (χ0) is 14.2. The Balaban J connectivity index is 1.69. The summed E-state index contributed by atoms with van der Waals surface area (Å²) in [6.45, 7) is 2.89. The van der Waals surface area contributed by atoms with Crippen molar-refractivity contribution in [1.29, 1.82) is 0 Å². The van der Waals surface area contributed by atoms with Crippen molar-refractivity contribution >= 4 is 16.7 Å². The van der Waals surface area contributed by atoms with Gasteiger partial charge >= 0.3 is 0 Å². The quantitative estimate of drug-likeness (QED) is 0.771. The van der Waals surface area contributed by atoms with Crippen LogP contribution in [0.3, 0.4) is 0 Å². The Morgan fingerprint density at radius 2 is 1.95 bits per heavy atom. The van der Waals surface area contributed by atoms with Gasteiger partial charge in [0.2, 0.25) is 0 Å². The van der Waals surface area contributed by atoms with E-state index >= 15 is 0 Å². The van der Waals surface area contributed by atoms with E-state index in [9.17, 15) is 0 Å². The first-order chi connectivity index (χ1) is 10.3. The lowest BCUT2D eigenvalue weighted by atomic mass is 10.2. The van der Waals surface area contributed by atoms with Crippen molar-refractivity contribution < 1.29 is 0 Å². The lowest BCUT2D eigenvalue weighted by Gasteiger charge is -2.09. The summed E-state index contributed by atoms with van der Waals surface area (Å²) in [5.74, 6) is 1.14. The molecule has 0 aliphatic heterocycles. The van der Waals surface area contributed by atoms with Crippen LogP contribution in [0.4, 0.5) is 5.69 Å². The van der Waals surface area contributed by atoms with Crippen LogP contribution in [0.25, 0.3) is 11.0 Å². The summed E-state index contributed by atoms with van der Waals surface area (Å²) in [6.07, 6.45) is 2.55. The molecule has 106 valence electrons. The number of aryl methyl sites for hydroxylation is 1. The maximum Gasteiger partial charge on any atom is 0.129 e. The van der Waals surface area contributed by atoms with Gasteiger partial charge in [0, 0.05) is 11.7 Å². The number of nitrogens with zero attached hydrogens (tertiary/aromatic N) is 2. The fraction of sp³-hybridized carbons (Fsp3) is 0.278. The Morgan fingerprint density at radius 3 is 2.71 bits per heavy atom. The lowest BCUT2D eigenvalue weighted by Crippen LogP contribution is -2.07. The van der Waals surface area contributed by atoms with Gasteiger partial charge in [0.25, 0.3) is 0 Å². The number of anilines is 1. The van der Waals surface area contributed by atoms with Crippen LogP contribution >= 0.6 is 0 Å². The molecule has 0 radical (unpaired) electrons. The van der Waals surface area contributed by atoms with Crippen molar-refractivity contribution in [2.75, 3.05) is 5.32 Å². The van der Waals surface area contributed by atoms with E-state index in [2.05, 4.69) is 59.3 Å². The molecule has 0 atom stereocenters. The largest absolute Gasteiger partial charge is 0.378 e. The molecule has 1 aliphatic rings. The van der Waals surface area contributed by atoms with Gasteiger partial charge in [-0.25, -0.2) is 4.98 Å². The summed E-state index contributed by atoms with van der Waals surface area (Å²) in [5, 5.41) is 3.48. The number of hydrogen-bond acceptors (Lipinski definition) is 2. The second-order valence-electron chi connectivity index (χ2n) is 5.84. The van der Waals surface area contributed by atoms with Gasteiger partial charge < -0.3 is 9.88 Å². The Labute approximate surface area is 124 Å². The van der Waals surface area contributed by atoms with E-state index in [1.807, 2.05) is 6.07 Å². The first-order valence-corrected chi connectivity index (χ1v) is 7.57. The summed E-state index contributed by atoms with van der Waals surface area (Å²) in [4.78, 5) is 4.85. The number of benzene rings is 2. The van der Waals surface area contributed by atoms with Gasteiger partial charge in [0.15, 0.2) is 0 Å². The molecule has 3 aromatic rings. The molecule has 1 fully saturated rings. The predicted octanol–water partition coefficient (Wildman–Crippen LogP) is 4.29. The number of imidazole rings is 1. The third kappa shape index (κ3) is 2.40. The van der Waals surface area contributed by atoms with Gasteiger partial charge in [-0.15, -0.1) is 0 Å². The van der Waals surface area contributed by atoms with Crippen molar-refractivity contribution in [3.63, 3.8) is 0 Å². The summed E-state index contributed by atoms with van der Waals surface area (Å²) in [6, 6.07) is 17.5. The molecule has 4 rings (SSSR count). The summed E-state index contributed by atoms with van der Waals surface area (Å²) < 4.78 is 2.42. The Bertz CT molecular complexity index is 770. The molecule has 1 aliphatic carbocycles. The van der Waals surface area contributed by atoms with Crippen LogP contribution in [0.5, 0.6) is 0 Å². The summed E-state index contributed by atoms with van der Waals surface area (Å²) >= 11 is 0. The Kier molecular flexibility index (Phi) is 2.92. The van der Waals surface area contributed by atoms with Crippen LogP contribution in [-0.4, -0.2) is 9.55 Å². The SMILES string of the molecule is Cc1ccc2c(c1)nc(CNc1ccccc1)n2C1CC1. The molecule has 21 heavy (non-hydrogen) atoms. The van der Waals surface area contributed by atoms with Gasteiger partial charge in [0.1, 0.15) is 5.82 Å². The van der Waals surface area contributed by atoms with Crippen molar-refractivity contribution in [2.24, 2.45) is 0 Å². The van der Waals surface area contributed by atoms with Gasteiger partial charge in [-0.2, -0.15) is 0 Å². The molecule has 2 aromatic carbocycles. The predicted molar refractivity (Wildman–Crippen MR) is 86.5 cm³/mol. The number of para-hydroxylation sites is 1. The highest BCUT2D eigenvalue weighted by atomic mass is 15.1. The van der Waals surface area contributed by atoms with E-state index in [0.29, 0.717) is 6.04 Å². The monoisotopic (exact) mass is 277 g/mol. The van der Waals surface area contributed by atoms with Crippen LogP contribution in [0.2, 0.25) is 0 Å². The maximum absolute atomic E-state index is 4.85. The number of rotatable bonds is 4. The van der Waals surface area contributed by atoms with Crippen molar-refractivity contribution in [3.05, 3.63) is 59.9 Å². The van der Waals surface area contributed by atoms with Crippen molar-refractivity contribution in [2.45, 2.75) is 32.4 Å². The number of fused-ring (bicyclic) bond motifs is 1. The molecule has 1 N–H and O–H groups in total. The highest BCUT2D eigenvalue weighted by Crippen LogP contribution is 2.38. The van der Waals surface area contributed by atoms with E-state index in [0.717, 1.165) is 23.6 Å². The number of aromatic nitrogens is 2. The van der Waals surface area contributed by atoms with Crippen molar-refractivity contribution in [1.82, 2.24) is 9.55 Å². The fourth-order valence-corrected chi connectivity index (χ4v) is 2.86. The van der Waals surface area contributed by atoms with E-state index < -0.39 is 0 Å². The number of nitrogens with one attached hydrogen (secondary N) is 1. The van der Waals surface area contributed by atoms with Crippen LogP contribution in [-0.2, 0) is 6.54 Å². The summed E-state index contributed by atoms with van der Waals surface area (Å²) in [5.41, 5.74) is 4.80. The van der Waals surface area contributed by atoms with Crippen LogP contribution in [0, 0.1) is 6.92 Å². The Hall–Kier alpha value is -2.29. The average molecular weight is 277 g/mol. The first-order valence-electron chi connectivity index (χ1n) is 7.57. The smallest absolute Gasteiger partial charge is 0.129 e. The topological polar surface area (TPSA) is 29.9 Å². The van der Waals surface area contributed by atoms with E-state index in [1.165, 1.54) is 23.9 Å². The molecule has 1 heterocycles. The molecule has 3 heteroatoms. The minimum atomic E-state index is 0.644. The van der Waals surface area contributed by atoms with Gasteiger partial charge in [-0.3, -0.25) is 0 Å². The van der Waals surface area contributed by atoms with E-state index in [4.69, 9.17) is 4.98 Å². The molecule has 3 nitrogen and oxygen atoms in total. The second kappa shape index (κ2) is 4.92. The van der Waals surface area contributed by atoms with Crippen molar-refractivity contribution in [3.8, 4) is 0 Å². The van der Waals surface area contributed by atoms with Gasteiger partial charge in [-0.05, 0) is 49.6 Å². The highest BCUT2D eigenvalue weighted by molar-refractivity contribution is 5.77. The maximum atomic E-state index is 4.85. The molecule has 0 amide bonds. The van der Waals surface area contributed by atoms with Gasteiger partial charge in [0.05, 0.1) is 17.6 Å². The minimum absolute atomic E-state index is 0.644. The molecular formula is C18H19N3. The molecule has 1 saturated carbocycles. The fourth-order valence-electron chi connectivity index (χ4n) is 2.86. The second-order valence-corrected chi connectivity index (χ2v) is 5.84. The van der Waals surface area contributed by atoms with Crippen LogP contribution in [0.15, 0.2) is 48.5 Å². The third-order valence-electron chi connectivity index (χ3n) is 4.05. The molecule has 0 bridgehead atoms. The summed E-state index contributed by atoms with van der Waals surface area (Å²) in [7, 11) is 0. The lowest BCUT2D eigenvalue weighted by molar-refractivity contribution is 0.711. The third-order valence-corrected chi connectivity index (χ3v) is 4.05. The average Bonchev–Trinajstić information content (AvgIpc) is 3.27. The van der Waals surface area contributed by atoms with E-state index in [1.54, 1.807) is 0 Å². The zero-order valence-corrected chi connectivity index (χ0v) is 12.2. The highest BCUT2D eigenvalue weighted by Gasteiger charge is 2.27. The molecular weight excluding hydrogens is 258 g/mol. The molecule has 0 spiro atoms. The first kappa shape index (κ1) is 12.5. The normalized spacial score (nSPS) is 14.5. The van der Waals surface area contributed by atoms with E-state index in [-0.39, 0.29) is 0 Å². The van der Waals surface area contributed by atoms with Crippen LogP contribution in [0.1, 0.15) is 30.3 Å². The standard InChI is InChI=1S/C18H19N3/c1-13-7-10-17-16(11-13)20-18(21(17)15-8-9-15)12-19-14-5-3-2-4-6-14/h2-7,10-11,15,19H,8-9,12H2,1H3. The molecule has 1 aromatic heterocycles. The molecule has 0 saturated heterocycles. The Morgan fingerprint density at radius 1 is 1.14 bits per heavy atom. The van der Waals surface area contributed by atoms with Gasteiger partial charge in [-0.1, -0.05) is 24.3 Å². The molecule has 0 unspecified atom stereocenters. The minimum Gasteiger partial charge on any atom is -0.378 e. The van der Waals surface area contributed by atoms with Crippen LogP contribution < -0.4 is 5.32 Å². The number of hydrogen-bond donors (Lipinski definition) is 1.